The number of hydrogen-bond donors (Lipinski definition) is 6. The Morgan fingerprint density at radius 1 is 1.46 bits per heavy atom. The Morgan fingerprint density at radius 2 is 1.92 bits per heavy atom. The smallest absolute Gasteiger partial charge is 0.157 e. The highest BCUT2D eigenvalue weighted by atomic mass is 16.4. The van der Waals surface area contributed by atoms with Crippen molar-refractivity contribution < 1.29 is 26.6 Å². The Hall–Kier alpha value is -0.570. The van der Waals surface area contributed by atoms with Gasteiger partial charge < -0.3 is 31.9 Å². The molecule has 0 bridgehead atoms. The molecule has 0 rings (SSSR count). The van der Waals surface area contributed by atoms with Crippen molar-refractivity contribution in [2.75, 3.05) is 6.61 Å². The van der Waals surface area contributed by atoms with Crippen molar-refractivity contribution in [1.29, 1.82) is 0 Å². The molecule has 0 fully saturated rings. The number of aliphatic hydroxyl groups excluding tert-OH is 4. The van der Waals surface area contributed by atoms with Gasteiger partial charge in [-0.3, -0.25) is 4.79 Å². The first-order valence-corrected chi connectivity index (χ1v) is 3.49. The highest BCUT2D eigenvalue weighted by Crippen LogP contribution is 2.06. The summed E-state index contributed by atoms with van der Waals surface area (Å²) in [7, 11) is 0. The first kappa shape index (κ1) is 10.5. The monoisotopic (exact) mass is 195 g/mol. The third-order valence-corrected chi connectivity index (χ3v) is 1.57. The quantitative estimate of drug-likeness (QED) is 0.192. The minimum atomic E-state index is -2.48. The SMILES string of the molecule is [2H]C(=O)C(N)(N)[C@@H](O)[C@H](O)[C@H](O)CO. The molecule has 0 aliphatic carbocycles. The van der Waals surface area contributed by atoms with Crippen LogP contribution in [-0.4, -0.2) is 57.3 Å². The van der Waals surface area contributed by atoms with Gasteiger partial charge in [0.1, 0.15) is 19.7 Å². The fourth-order valence-corrected chi connectivity index (χ4v) is 0.661. The minimum absolute atomic E-state index is 0.833. The second kappa shape index (κ2) is 4.61. The number of carbonyl (C=O) groups is 1. The van der Waals surface area contributed by atoms with E-state index in [1.165, 1.54) is 0 Å². The lowest BCUT2D eigenvalue weighted by Gasteiger charge is -2.30. The third kappa shape index (κ3) is 2.99. The van der Waals surface area contributed by atoms with Crippen molar-refractivity contribution in [3.63, 3.8) is 0 Å². The maximum absolute atomic E-state index is 10.5. The molecule has 8 N–H and O–H groups in total. The zero-order valence-electron chi connectivity index (χ0n) is 7.79. The first-order valence-electron chi connectivity index (χ1n) is 3.99. The van der Waals surface area contributed by atoms with Gasteiger partial charge in [0.25, 0.3) is 0 Å². The minimum Gasteiger partial charge on any atom is -0.394 e. The lowest BCUT2D eigenvalue weighted by molar-refractivity contribution is -0.128. The van der Waals surface area contributed by atoms with Crippen LogP contribution in [0.15, 0.2) is 0 Å². The molecule has 0 radical (unpaired) electrons. The van der Waals surface area contributed by atoms with Crippen molar-refractivity contribution in [3.05, 3.63) is 0 Å². The van der Waals surface area contributed by atoms with Crippen LogP contribution < -0.4 is 11.5 Å². The van der Waals surface area contributed by atoms with Gasteiger partial charge in [-0.2, -0.15) is 0 Å². The maximum Gasteiger partial charge on any atom is 0.157 e. The van der Waals surface area contributed by atoms with Crippen LogP contribution in [-0.2, 0) is 4.79 Å². The lowest BCUT2D eigenvalue weighted by Crippen LogP contribution is -2.65. The standard InChI is InChI=1S/C6H14N2O5/c7-6(8,2-10)5(13)4(12)3(11)1-9/h2-5,9,11-13H,1,7-8H2/t3-,4-,5+/m1/s1/i2D. The van der Waals surface area contributed by atoms with Gasteiger partial charge in [0, 0.05) is 0 Å². The number of rotatable bonds is 5. The first-order chi connectivity index (χ1) is 6.25. The maximum atomic E-state index is 10.5. The molecular weight excluding hydrogens is 180 g/mol. The summed E-state index contributed by atoms with van der Waals surface area (Å²) in [6, 6.07) is 0. The zero-order valence-corrected chi connectivity index (χ0v) is 6.79. The zero-order chi connectivity index (χ0) is 11.5. The van der Waals surface area contributed by atoms with Gasteiger partial charge in [-0.25, -0.2) is 0 Å². The molecule has 78 valence electrons. The van der Waals surface area contributed by atoms with E-state index in [4.69, 9.17) is 28.2 Å². The van der Waals surface area contributed by atoms with Gasteiger partial charge in [0.2, 0.25) is 0 Å². The molecule has 3 atom stereocenters. The van der Waals surface area contributed by atoms with Crippen molar-refractivity contribution in [3.8, 4) is 0 Å². The lowest BCUT2D eigenvalue weighted by atomic mass is 9.98. The number of nitrogens with two attached hydrogens (primary N) is 2. The van der Waals surface area contributed by atoms with Gasteiger partial charge in [0.15, 0.2) is 11.9 Å². The molecule has 0 saturated carbocycles. The predicted molar refractivity (Wildman–Crippen MR) is 42.3 cm³/mol. The summed E-state index contributed by atoms with van der Waals surface area (Å²) in [4.78, 5) is 10.5. The van der Waals surface area contributed by atoms with Crippen LogP contribution in [0.3, 0.4) is 0 Å². The summed E-state index contributed by atoms with van der Waals surface area (Å²) in [5.74, 6) is 0. The molecule has 7 nitrogen and oxygen atoms in total. The molecule has 0 spiro atoms. The van der Waals surface area contributed by atoms with Crippen LogP contribution in [0.4, 0.5) is 0 Å². The molecule has 0 aromatic carbocycles. The van der Waals surface area contributed by atoms with Crippen molar-refractivity contribution >= 4 is 6.26 Å². The molecular formula is C6H14N2O5. The summed E-state index contributed by atoms with van der Waals surface area (Å²) in [6.45, 7) is -0.833. The van der Waals surface area contributed by atoms with Crippen molar-refractivity contribution in [2.24, 2.45) is 11.5 Å². The summed E-state index contributed by atoms with van der Waals surface area (Å²) in [6.07, 6.45) is -7.11. The molecule has 0 aliphatic rings. The Labute approximate surface area is 76.0 Å². The predicted octanol–water partition coefficient (Wildman–Crippen LogP) is -4.13. The topological polar surface area (TPSA) is 150 Å². The summed E-state index contributed by atoms with van der Waals surface area (Å²) >= 11 is 0. The molecule has 0 aromatic heterocycles. The van der Waals surface area contributed by atoms with Gasteiger partial charge in [-0.1, -0.05) is 0 Å². The van der Waals surface area contributed by atoms with Crippen LogP contribution >= 0.6 is 0 Å². The van der Waals surface area contributed by atoms with Gasteiger partial charge in [0.05, 0.1) is 6.61 Å². The molecule has 0 heterocycles. The third-order valence-electron chi connectivity index (χ3n) is 1.57. The van der Waals surface area contributed by atoms with Crippen LogP contribution in [0, 0.1) is 0 Å². The van der Waals surface area contributed by atoms with Gasteiger partial charge >= 0.3 is 0 Å². The van der Waals surface area contributed by atoms with E-state index in [9.17, 15) is 9.90 Å². The van der Waals surface area contributed by atoms with Crippen molar-refractivity contribution in [1.82, 2.24) is 0 Å². The molecule has 0 amide bonds. The second-order valence-electron chi connectivity index (χ2n) is 2.72. The molecule has 0 unspecified atom stereocenters. The summed E-state index contributed by atoms with van der Waals surface area (Å²) < 4.78 is 6.60. The largest absolute Gasteiger partial charge is 0.394 e. The Bertz CT molecular complexity index is 212. The highest BCUT2D eigenvalue weighted by Gasteiger charge is 2.37. The van der Waals surface area contributed by atoms with Crippen LogP contribution in [0.5, 0.6) is 0 Å². The molecule has 0 aromatic rings. The van der Waals surface area contributed by atoms with Crippen molar-refractivity contribution in [2.45, 2.75) is 24.0 Å². The van der Waals surface area contributed by atoms with Crippen LogP contribution in [0.1, 0.15) is 1.37 Å². The van der Waals surface area contributed by atoms with E-state index in [-0.39, 0.29) is 0 Å². The second-order valence-corrected chi connectivity index (χ2v) is 2.72. The molecule has 13 heavy (non-hydrogen) atoms. The van der Waals surface area contributed by atoms with E-state index in [0.717, 1.165) is 0 Å². The van der Waals surface area contributed by atoms with Gasteiger partial charge in [-0.05, 0) is 0 Å². The normalized spacial score (nSPS) is 20.3. The van der Waals surface area contributed by atoms with Gasteiger partial charge in [-0.15, -0.1) is 0 Å². The Morgan fingerprint density at radius 3 is 2.23 bits per heavy atom. The number of carbonyl (C=O) groups excluding carboxylic acids is 1. The Balaban J connectivity index is 4.60. The molecule has 7 heteroatoms. The summed E-state index contributed by atoms with van der Waals surface area (Å²) in [5, 5.41) is 35.6. The molecule has 0 aliphatic heterocycles. The van der Waals surface area contributed by atoms with Crippen LogP contribution in [0.25, 0.3) is 0 Å². The fraction of sp³-hybridized carbons (Fsp3) is 0.833. The average Bonchev–Trinajstić information content (AvgIpc) is 2.13. The average molecular weight is 195 g/mol. The summed E-state index contributed by atoms with van der Waals surface area (Å²) in [5.41, 5.74) is 7.59. The number of aliphatic hydroxyl groups is 4. The fourth-order valence-electron chi connectivity index (χ4n) is 0.661. The van der Waals surface area contributed by atoms with E-state index in [1.54, 1.807) is 0 Å². The van der Waals surface area contributed by atoms with E-state index >= 15 is 0 Å². The van der Waals surface area contributed by atoms with E-state index in [0.29, 0.717) is 0 Å². The molecule has 0 saturated heterocycles. The van der Waals surface area contributed by atoms with E-state index < -0.39 is 36.8 Å². The highest BCUT2D eigenvalue weighted by molar-refractivity contribution is 5.63. The van der Waals surface area contributed by atoms with Crippen LogP contribution in [0.2, 0.25) is 0 Å². The Kier molecular flexibility index (Phi) is 3.72. The number of hydrogen-bond acceptors (Lipinski definition) is 7. The van der Waals surface area contributed by atoms with E-state index in [1.807, 2.05) is 0 Å². The van der Waals surface area contributed by atoms with E-state index in [2.05, 4.69) is 0 Å². The number of aldehydes is 1.